The SMILES string of the molecule is CCCN1CCN(c2ccccc2C2CC2)CC1. The van der Waals surface area contributed by atoms with Crippen molar-refractivity contribution in [1.82, 2.24) is 4.90 Å². The van der Waals surface area contributed by atoms with Crippen LogP contribution in [0.25, 0.3) is 0 Å². The Bertz CT molecular complexity index is 390. The van der Waals surface area contributed by atoms with Crippen LogP contribution in [0.3, 0.4) is 0 Å². The quantitative estimate of drug-likeness (QED) is 0.803. The van der Waals surface area contributed by atoms with Crippen LogP contribution < -0.4 is 4.90 Å². The molecular weight excluding hydrogens is 220 g/mol. The standard InChI is InChI=1S/C16H24N2/c1-2-9-17-10-12-18(13-11-17)16-6-4-3-5-15(16)14-7-8-14/h3-6,14H,2,7-13H2,1H3. The molecule has 0 unspecified atom stereocenters. The monoisotopic (exact) mass is 244 g/mol. The summed E-state index contributed by atoms with van der Waals surface area (Å²) in [5, 5.41) is 0. The number of anilines is 1. The van der Waals surface area contributed by atoms with Gasteiger partial charge in [-0.2, -0.15) is 0 Å². The Morgan fingerprint density at radius 2 is 1.78 bits per heavy atom. The molecule has 0 radical (unpaired) electrons. The number of piperazine rings is 1. The van der Waals surface area contributed by atoms with Crippen molar-refractivity contribution >= 4 is 5.69 Å². The molecule has 0 amide bonds. The van der Waals surface area contributed by atoms with Crippen molar-refractivity contribution in [2.45, 2.75) is 32.1 Å². The molecule has 0 N–H and O–H groups in total. The third-order valence-electron chi connectivity index (χ3n) is 4.21. The van der Waals surface area contributed by atoms with Gasteiger partial charge in [0, 0.05) is 31.9 Å². The Morgan fingerprint density at radius 1 is 1.06 bits per heavy atom. The van der Waals surface area contributed by atoms with E-state index in [1.807, 2.05) is 0 Å². The van der Waals surface area contributed by atoms with E-state index in [0.717, 1.165) is 5.92 Å². The van der Waals surface area contributed by atoms with Crippen LogP contribution in [-0.4, -0.2) is 37.6 Å². The minimum Gasteiger partial charge on any atom is -0.369 e. The molecule has 1 aromatic rings. The zero-order valence-corrected chi connectivity index (χ0v) is 11.4. The van der Waals surface area contributed by atoms with Gasteiger partial charge in [0.25, 0.3) is 0 Å². The first-order valence-electron chi connectivity index (χ1n) is 7.44. The molecule has 1 aliphatic carbocycles. The highest BCUT2D eigenvalue weighted by molar-refractivity contribution is 5.56. The predicted octanol–water partition coefficient (Wildman–Crippen LogP) is 3.10. The van der Waals surface area contributed by atoms with Gasteiger partial charge in [-0.3, -0.25) is 4.90 Å². The summed E-state index contributed by atoms with van der Waals surface area (Å²) in [6, 6.07) is 9.05. The maximum atomic E-state index is 2.60. The number of nitrogens with zero attached hydrogens (tertiary/aromatic N) is 2. The normalized spacial score (nSPS) is 21.3. The Morgan fingerprint density at radius 3 is 2.44 bits per heavy atom. The van der Waals surface area contributed by atoms with E-state index in [0.29, 0.717) is 0 Å². The maximum absolute atomic E-state index is 2.60. The van der Waals surface area contributed by atoms with Crippen molar-refractivity contribution in [3.05, 3.63) is 29.8 Å². The second kappa shape index (κ2) is 5.31. The van der Waals surface area contributed by atoms with Gasteiger partial charge in [0.05, 0.1) is 0 Å². The Balaban J connectivity index is 1.69. The fourth-order valence-corrected chi connectivity index (χ4v) is 3.04. The second-order valence-corrected chi connectivity index (χ2v) is 5.66. The summed E-state index contributed by atoms with van der Waals surface area (Å²) >= 11 is 0. The van der Waals surface area contributed by atoms with Crippen LogP contribution in [-0.2, 0) is 0 Å². The molecule has 0 atom stereocenters. The molecule has 1 aliphatic heterocycles. The van der Waals surface area contributed by atoms with E-state index in [-0.39, 0.29) is 0 Å². The molecule has 98 valence electrons. The highest BCUT2D eigenvalue weighted by Crippen LogP contribution is 2.44. The Hall–Kier alpha value is -1.02. The summed E-state index contributed by atoms with van der Waals surface area (Å²) in [6.45, 7) is 8.39. The second-order valence-electron chi connectivity index (χ2n) is 5.66. The smallest absolute Gasteiger partial charge is 0.0402 e. The van der Waals surface area contributed by atoms with Crippen LogP contribution in [0.4, 0.5) is 5.69 Å². The van der Waals surface area contributed by atoms with Crippen molar-refractivity contribution in [3.8, 4) is 0 Å². The number of hydrogen-bond donors (Lipinski definition) is 0. The first kappa shape index (κ1) is 12.0. The van der Waals surface area contributed by atoms with Gasteiger partial charge in [-0.1, -0.05) is 25.1 Å². The van der Waals surface area contributed by atoms with E-state index in [1.54, 1.807) is 5.56 Å². The molecule has 1 heterocycles. The summed E-state index contributed by atoms with van der Waals surface area (Å²) in [4.78, 5) is 5.19. The van der Waals surface area contributed by atoms with Gasteiger partial charge >= 0.3 is 0 Å². The van der Waals surface area contributed by atoms with Crippen molar-refractivity contribution in [2.75, 3.05) is 37.6 Å². The highest BCUT2D eigenvalue weighted by Gasteiger charge is 2.28. The van der Waals surface area contributed by atoms with Gasteiger partial charge in [0.1, 0.15) is 0 Å². The Labute approximate surface area is 111 Å². The predicted molar refractivity (Wildman–Crippen MR) is 77.4 cm³/mol. The van der Waals surface area contributed by atoms with E-state index in [2.05, 4.69) is 41.0 Å². The summed E-state index contributed by atoms with van der Waals surface area (Å²) in [5.74, 6) is 0.856. The number of rotatable bonds is 4. The molecule has 3 rings (SSSR count). The van der Waals surface area contributed by atoms with Crippen LogP contribution in [0.15, 0.2) is 24.3 Å². The van der Waals surface area contributed by atoms with Crippen molar-refractivity contribution in [1.29, 1.82) is 0 Å². The lowest BCUT2D eigenvalue weighted by atomic mass is 10.1. The first-order valence-corrected chi connectivity index (χ1v) is 7.44. The Kier molecular flexibility index (Phi) is 3.55. The molecule has 2 nitrogen and oxygen atoms in total. The number of benzene rings is 1. The minimum absolute atomic E-state index is 0.856. The molecule has 2 aliphatic rings. The van der Waals surface area contributed by atoms with Crippen molar-refractivity contribution in [2.24, 2.45) is 0 Å². The van der Waals surface area contributed by atoms with Crippen molar-refractivity contribution in [3.63, 3.8) is 0 Å². The average molecular weight is 244 g/mol. The van der Waals surface area contributed by atoms with Crippen LogP contribution in [0.5, 0.6) is 0 Å². The van der Waals surface area contributed by atoms with Crippen LogP contribution in [0, 0.1) is 0 Å². The van der Waals surface area contributed by atoms with E-state index in [4.69, 9.17) is 0 Å². The largest absolute Gasteiger partial charge is 0.369 e. The van der Waals surface area contributed by atoms with Gasteiger partial charge in [0.2, 0.25) is 0 Å². The topological polar surface area (TPSA) is 6.48 Å². The fraction of sp³-hybridized carbons (Fsp3) is 0.625. The zero-order valence-electron chi connectivity index (χ0n) is 11.4. The summed E-state index contributed by atoms with van der Waals surface area (Å²) in [7, 11) is 0. The summed E-state index contributed by atoms with van der Waals surface area (Å²) < 4.78 is 0. The molecule has 1 aromatic carbocycles. The van der Waals surface area contributed by atoms with Crippen LogP contribution in [0.2, 0.25) is 0 Å². The third kappa shape index (κ3) is 2.54. The summed E-state index contributed by atoms with van der Waals surface area (Å²) in [6.07, 6.45) is 4.07. The van der Waals surface area contributed by atoms with Gasteiger partial charge < -0.3 is 4.90 Å². The average Bonchev–Trinajstić information content (AvgIpc) is 3.24. The number of hydrogen-bond acceptors (Lipinski definition) is 2. The fourth-order valence-electron chi connectivity index (χ4n) is 3.04. The lowest BCUT2D eigenvalue weighted by Crippen LogP contribution is -2.46. The molecule has 0 bridgehead atoms. The number of para-hydroxylation sites is 1. The third-order valence-corrected chi connectivity index (χ3v) is 4.21. The molecule has 0 spiro atoms. The molecule has 18 heavy (non-hydrogen) atoms. The molecule has 1 saturated carbocycles. The van der Waals surface area contributed by atoms with Crippen LogP contribution in [0.1, 0.15) is 37.7 Å². The molecular formula is C16H24N2. The van der Waals surface area contributed by atoms with E-state index >= 15 is 0 Å². The minimum atomic E-state index is 0.856. The summed E-state index contributed by atoms with van der Waals surface area (Å²) in [5.41, 5.74) is 3.11. The zero-order chi connectivity index (χ0) is 12.4. The molecule has 1 saturated heterocycles. The van der Waals surface area contributed by atoms with E-state index in [9.17, 15) is 0 Å². The van der Waals surface area contributed by atoms with Crippen molar-refractivity contribution < 1.29 is 0 Å². The molecule has 2 heteroatoms. The van der Waals surface area contributed by atoms with E-state index in [1.165, 1.54) is 57.7 Å². The van der Waals surface area contributed by atoms with Gasteiger partial charge in [-0.25, -0.2) is 0 Å². The molecule has 0 aromatic heterocycles. The lowest BCUT2D eigenvalue weighted by Gasteiger charge is -2.37. The highest BCUT2D eigenvalue weighted by atomic mass is 15.3. The van der Waals surface area contributed by atoms with Gasteiger partial charge in [-0.05, 0) is 43.4 Å². The first-order chi connectivity index (χ1) is 8.88. The lowest BCUT2D eigenvalue weighted by molar-refractivity contribution is 0.258. The van der Waals surface area contributed by atoms with Gasteiger partial charge in [-0.15, -0.1) is 0 Å². The van der Waals surface area contributed by atoms with E-state index < -0.39 is 0 Å². The van der Waals surface area contributed by atoms with Gasteiger partial charge in [0.15, 0.2) is 0 Å². The van der Waals surface area contributed by atoms with Crippen LogP contribution >= 0.6 is 0 Å². The maximum Gasteiger partial charge on any atom is 0.0402 e. The molecule has 2 fully saturated rings.